The van der Waals surface area contributed by atoms with Crippen LogP contribution in [0.1, 0.15) is 21.7 Å². The Hall–Kier alpha value is -4.11. The molecule has 5 rings (SSSR count). The lowest BCUT2D eigenvalue weighted by Gasteiger charge is -2.36. The van der Waals surface area contributed by atoms with E-state index in [-0.39, 0.29) is 5.91 Å². The molecule has 1 fully saturated rings. The van der Waals surface area contributed by atoms with Crippen LogP contribution in [-0.2, 0) is 6.42 Å². The summed E-state index contributed by atoms with van der Waals surface area (Å²) in [7, 11) is 3.32. The van der Waals surface area contributed by atoms with Crippen molar-refractivity contribution in [1.29, 1.82) is 0 Å². The molecule has 37 heavy (non-hydrogen) atoms. The molecule has 4 aromatic rings. The number of benzene rings is 3. The van der Waals surface area contributed by atoms with E-state index in [1.54, 1.807) is 20.3 Å². The maximum Gasteiger partial charge on any atom is 0.298 e. The molecule has 0 aliphatic carbocycles. The number of hydrogen-bond donors (Lipinski definition) is 0. The molecule has 0 N–H and O–H groups in total. The SMILES string of the molecule is COc1cccc(Cc2nsc(Oc3cccc(C(=O)N4CCN(c5ccccc5OC)CC4)c3)n2)c1. The van der Waals surface area contributed by atoms with Gasteiger partial charge in [0.05, 0.1) is 19.9 Å². The minimum absolute atomic E-state index is 0.0129. The van der Waals surface area contributed by atoms with Gasteiger partial charge in [-0.2, -0.15) is 9.36 Å². The summed E-state index contributed by atoms with van der Waals surface area (Å²) < 4.78 is 21.1. The monoisotopic (exact) mass is 516 g/mol. The first kappa shape index (κ1) is 24.6. The molecule has 3 aromatic carbocycles. The molecule has 1 aromatic heterocycles. The second-order valence-corrected chi connectivity index (χ2v) is 9.30. The van der Waals surface area contributed by atoms with Gasteiger partial charge in [-0.3, -0.25) is 4.79 Å². The fourth-order valence-electron chi connectivity index (χ4n) is 4.33. The van der Waals surface area contributed by atoms with Crippen molar-refractivity contribution in [1.82, 2.24) is 14.3 Å². The summed E-state index contributed by atoms with van der Waals surface area (Å²) in [6.45, 7) is 2.74. The van der Waals surface area contributed by atoms with Gasteiger partial charge in [0.15, 0.2) is 5.82 Å². The molecule has 0 unspecified atom stereocenters. The molecular weight excluding hydrogens is 488 g/mol. The van der Waals surface area contributed by atoms with E-state index in [1.807, 2.05) is 71.6 Å². The zero-order valence-electron chi connectivity index (χ0n) is 20.8. The fraction of sp³-hybridized carbons (Fsp3) is 0.250. The number of ether oxygens (including phenoxy) is 3. The van der Waals surface area contributed by atoms with E-state index in [2.05, 4.69) is 14.3 Å². The van der Waals surface area contributed by atoms with Crippen molar-refractivity contribution >= 4 is 23.1 Å². The lowest BCUT2D eigenvalue weighted by Crippen LogP contribution is -2.48. The lowest BCUT2D eigenvalue weighted by molar-refractivity contribution is 0.0746. The van der Waals surface area contributed by atoms with Crippen LogP contribution < -0.4 is 19.1 Å². The van der Waals surface area contributed by atoms with Gasteiger partial charge in [0.1, 0.15) is 17.2 Å². The number of para-hydroxylation sites is 2. The van der Waals surface area contributed by atoms with Crippen LogP contribution >= 0.6 is 11.5 Å². The molecular formula is C28H28N4O4S. The van der Waals surface area contributed by atoms with Gasteiger partial charge in [-0.15, -0.1) is 0 Å². The van der Waals surface area contributed by atoms with E-state index in [0.29, 0.717) is 41.8 Å². The lowest BCUT2D eigenvalue weighted by atomic mass is 10.1. The van der Waals surface area contributed by atoms with E-state index in [4.69, 9.17) is 14.2 Å². The van der Waals surface area contributed by atoms with Gasteiger partial charge in [0, 0.05) is 49.7 Å². The van der Waals surface area contributed by atoms with Crippen LogP contribution in [0.25, 0.3) is 0 Å². The second kappa shape index (κ2) is 11.3. The van der Waals surface area contributed by atoms with Crippen LogP contribution in [0.3, 0.4) is 0 Å². The van der Waals surface area contributed by atoms with Crippen LogP contribution in [0.2, 0.25) is 0 Å². The molecule has 0 spiro atoms. The van der Waals surface area contributed by atoms with E-state index in [1.165, 1.54) is 11.5 Å². The summed E-state index contributed by atoms with van der Waals surface area (Å²) >= 11 is 1.19. The van der Waals surface area contributed by atoms with Crippen molar-refractivity contribution in [3.63, 3.8) is 0 Å². The quantitative estimate of drug-likeness (QED) is 0.330. The average molecular weight is 517 g/mol. The van der Waals surface area contributed by atoms with Crippen molar-refractivity contribution in [3.05, 3.63) is 89.7 Å². The Morgan fingerprint density at radius 1 is 0.892 bits per heavy atom. The summed E-state index contributed by atoms with van der Waals surface area (Å²) in [6, 6.07) is 23.0. The summed E-state index contributed by atoms with van der Waals surface area (Å²) in [4.78, 5) is 21.9. The van der Waals surface area contributed by atoms with Gasteiger partial charge in [0.25, 0.3) is 11.1 Å². The topological polar surface area (TPSA) is 77.0 Å². The second-order valence-electron chi connectivity index (χ2n) is 8.59. The highest BCUT2D eigenvalue weighted by Crippen LogP contribution is 2.29. The smallest absolute Gasteiger partial charge is 0.298 e. The Balaban J connectivity index is 1.20. The number of hydrogen-bond acceptors (Lipinski definition) is 8. The van der Waals surface area contributed by atoms with Gasteiger partial charge in [0.2, 0.25) is 0 Å². The number of carbonyl (C=O) groups is 1. The number of nitrogens with zero attached hydrogens (tertiary/aromatic N) is 4. The Bertz CT molecular complexity index is 1370. The third kappa shape index (κ3) is 5.83. The first-order chi connectivity index (χ1) is 18.1. The van der Waals surface area contributed by atoms with Crippen molar-refractivity contribution in [2.45, 2.75) is 6.42 Å². The van der Waals surface area contributed by atoms with Gasteiger partial charge in [-0.25, -0.2) is 0 Å². The molecule has 1 saturated heterocycles. The highest BCUT2D eigenvalue weighted by Gasteiger charge is 2.24. The van der Waals surface area contributed by atoms with E-state index < -0.39 is 0 Å². The van der Waals surface area contributed by atoms with Gasteiger partial charge in [-0.1, -0.05) is 30.3 Å². The van der Waals surface area contributed by atoms with Gasteiger partial charge in [-0.05, 0) is 48.0 Å². The maximum absolute atomic E-state index is 13.2. The van der Waals surface area contributed by atoms with Crippen molar-refractivity contribution in [2.75, 3.05) is 45.3 Å². The molecule has 0 bridgehead atoms. The number of piperazine rings is 1. The number of aromatic nitrogens is 2. The van der Waals surface area contributed by atoms with Gasteiger partial charge < -0.3 is 24.0 Å². The number of anilines is 1. The van der Waals surface area contributed by atoms with E-state index >= 15 is 0 Å². The Morgan fingerprint density at radius 3 is 2.49 bits per heavy atom. The highest BCUT2D eigenvalue weighted by atomic mass is 32.1. The number of methoxy groups -OCH3 is 2. The van der Waals surface area contributed by atoms with E-state index in [0.717, 1.165) is 35.8 Å². The van der Waals surface area contributed by atoms with Crippen LogP contribution in [0.5, 0.6) is 22.4 Å². The Kier molecular flexibility index (Phi) is 7.51. The van der Waals surface area contributed by atoms with E-state index in [9.17, 15) is 4.79 Å². The first-order valence-electron chi connectivity index (χ1n) is 12.0. The van der Waals surface area contributed by atoms with Crippen molar-refractivity contribution in [3.8, 4) is 22.4 Å². The minimum atomic E-state index is -0.0129. The summed E-state index contributed by atoms with van der Waals surface area (Å²) in [6.07, 6.45) is 0.580. The Morgan fingerprint density at radius 2 is 1.68 bits per heavy atom. The summed E-state index contributed by atoms with van der Waals surface area (Å²) in [5, 5.41) is 0.438. The third-order valence-corrected chi connectivity index (χ3v) is 6.86. The van der Waals surface area contributed by atoms with Crippen molar-refractivity contribution in [2.24, 2.45) is 0 Å². The van der Waals surface area contributed by atoms with Crippen molar-refractivity contribution < 1.29 is 19.0 Å². The molecule has 2 heterocycles. The zero-order chi connectivity index (χ0) is 25.6. The molecule has 0 atom stereocenters. The molecule has 1 amide bonds. The molecule has 1 aliphatic rings. The highest BCUT2D eigenvalue weighted by molar-refractivity contribution is 7.07. The molecule has 9 heteroatoms. The number of rotatable bonds is 8. The molecule has 0 saturated carbocycles. The van der Waals surface area contributed by atoms with Crippen LogP contribution in [0, 0.1) is 0 Å². The van der Waals surface area contributed by atoms with Crippen LogP contribution in [0.4, 0.5) is 5.69 Å². The van der Waals surface area contributed by atoms with Crippen LogP contribution in [0.15, 0.2) is 72.8 Å². The maximum atomic E-state index is 13.2. The summed E-state index contributed by atoms with van der Waals surface area (Å²) in [5.41, 5.74) is 2.70. The summed E-state index contributed by atoms with van der Waals surface area (Å²) in [5.74, 6) is 2.86. The Labute approximate surface area is 220 Å². The number of amides is 1. The normalized spacial score (nSPS) is 13.4. The average Bonchev–Trinajstić information content (AvgIpc) is 3.39. The fourth-order valence-corrected chi connectivity index (χ4v) is 4.90. The predicted octanol–water partition coefficient (Wildman–Crippen LogP) is 4.90. The standard InChI is InChI=1S/C28H28N4O4S/c1-34-22-9-5-7-20(17-22)18-26-29-28(37-30-26)36-23-10-6-8-21(19-23)27(33)32-15-13-31(14-16-32)24-11-3-4-12-25(24)35-2/h3-12,17,19H,13-16,18H2,1-2H3. The first-order valence-corrected chi connectivity index (χ1v) is 12.8. The predicted molar refractivity (Wildman–Crippen MR) is 143 cm³/mol. The molecule has 1 aliphatic heterocycles. The minimum Gasteiger partial charge on any atom is -0.497 e. The molecule has 190 valence electrons. The third-order valence-electron chi connectivity index (χ3n) is 6.22. The largest absolute Gasteiger partial charge is 0.497 e. The number of carbonyl (C=O) groups excluding carboxylic acids is 1. The zero-order valence-corrected chi connectivity index (χ0v) is 21.6. The molecule has 0 radical (unpaired) electrons. The molecule has 8 nitrogen and oxygen atoms in total. The van der Waals surface area contributed by atoms with Crippen LogP contribution in [-0.4, -0.2) is 60.6 Å². The van der Waals surface area contributed by atoms with Gasteiger partial charge >= 0.3 is 0 Å².